The number of ether oxygens (including phenoxy) is 1. The Hall–Kier alpha value is -0.610. The highest BCUT2D eigenvalue weighted by Crippen LogP contribution is 2.29. The average Bonchev–Trinajstić information content (AvgIpc) is 2.84. The Bertz CT molecular complexity index is 282. The van der Waals surface area contributed by atoms with Crippen LogP contribution in [-0.2, 0) is 9.53 Å². The molecule has 0 spiro atoms. The van der Waals surface area contributed by atoms with E-state index >= 15 is 0 Å². The fraction of sp³-hybridized carbons (Fsp3) is 0.929. The molecule has 2 rings (SSSR count). The average molecular weight is 254 g/mol. The fourth-order valence-corrected chi connectivity index (χ4v) is 3.06. The Labute approximate surface area is 110 Å². The second-order valence-electron chi connectivity index (χ2n) is 5.66. The van der Waals surface area contributed by atoms with Crippen molar-refractivity contribution in [1.82, 2.24) is 10.2 Å². The lowest BCUT2D eigenvalue weighted by molar-refractivity contribution is -0.154. The lowest BCUT2D eigenvalue weighted by atomic mass is 9.97. The maximum Gasteiger partial charge on any atom is 0.254 e. The normalized spacial score (nSPS) is 29.4. The van der Waals surface area contributed by atoms with Crippen LogP contribution in [-0.4, -0.2) is 48.7 Å². The zero-order valence-corrected chi connectivity index (χ0v) is 11.7. The van der Waals surface area contributed by atoms with E-state index in [-0.39, 0.29) is 5.91 Å². The fourth-order valence-electron chi connectivity index (χ4n) is 3.06. The van der Waals surface area contributed by atoms with Gasteiger partial charge < -0.3 is 15.0 Å². The summed E-state index contributed by atoms with van der Waals surface area (Å²) in [6.07, 6.45) is 5.04. The van der Waals surface area contributed by atoms with Crippen LogP contribution in [0.25, 0.3) is 0 Å². The second kappa shape index (κ2) is 6.02. The molecule has 0 aromatic carbocycles. The van der Waals surface area contributed by atoms with Crippen molar-refractivity contribution in [2.45, 2.75) is 57.6 Å². The lowest BCUT2D eigenvalue weighted by Gasteiger charge is -2.38. The van der Waals surface area contributed by atoms with E-state index in [1.54, 1.807) is 0 Å². The maximum absolute atomic E-state index is 12.7. The van der Waals surface area contributed by atoms with Gasteiger partial charge in [-0.2, -0.15) is 0 Å². The summed E-state index contributed by atoms with van der Waals surface area (Å²) in [5, 5.41) is 3.36. The number of rotatable bonds is 4. The lowest BCUT2D eigenvalue weighted by Crippen LogP contribution is -2.53. The molecule has 0 aromatic heterocycles. The van der Waals surface area contributed by atoms with E-state index < -0.39 is 5.60 Å². The van der Waals surface area contributed by atoms with Gasteiger partial charge in [0, 0.05) is 19.2 Å². The number of nitrogens with one attached hydrogen (secondary N) is 1. The number of amides is 1. The molecule has 4 heteroatoms. The molecule has 2 heterocycles. The molecule has 2 aliphatic heterocycles. The predicted octanol–water partition coefficient (Wildman–Crippen LogP) is 1.55. The highest BCUT2D eigenvalue weighted by molar-refractivity contribution is 5.85. The first-order valence-electron chi connectivity index (χ1n) is 7.33. The number of carbonyl (C=O) groups excluding carboxylic acids is 1. The van der Waals surface area contributed by atoms with Crippen LogP contribution in [0.4, 0.5) is 0 Å². The molecule has 4 nitrogen and oxygen atoms in total. The van der Waals surface area contributed by atoms with Gasteiger partial charge in [0.25, 0.3) is 5.91 Å². The van der Waals surface area contributed by atoms with Crippen LogP contribution in [0.5, 0.6) is 0 Å². The first-order chi connectivity index (χ1) is 8.67. The van der Waals surface area contributed by atoms with Crippen molar-refractivity contribution in [1.29, 1.82) is 0 Å². The van der Waals surface area contributed by atoms with Crippen LogP contribution in [0.15, 0.2) is 0 Å². The largest absolute Gasteiger partial charge is 0.365 e. The number of carbonyl (C=O) groups is 1. The van der Waals surface area contributed by atoms with Crippen LogP contribution in [0.1, 0.15) is 46.0 Å². The third kappa shape index (κ3) is 2.86. The summed E-state index contributed by atoms with van der Waals surface area (Å²) in [4.78, 5) is 14.8. The summed E-state index contributed by atoms with van der Waals surface area (Å²) < 4.78 is 5.71. The van der Waals surface area contributed by atoms with E-state index in [1.807, 2.05) is 6.92 Å². The summed E-state index contributed by atoms with van der Waals surface area (Å²) in [6.45, 7) is 7.74. The quantitative estimate of drug-likeness (QED) is 0.827. The van der Waals surface area contributed by atoms with Crippen LogP contribution in [0.3, 0.4) is 0 Å². The summed E-state index contributed by atoms with van der Waals surface area (Å²) in [5.74, 6) is 0.216. The number of nitrogens with zero attached hydrogens (tertiary/aromatic N) is 1. The van der Waals surface area contributed by atoms with Crippen LogP contribution in [0, 0.1) is 0 Å². The zero-order valence-electron chi connectivity index (χ0n) is 11.7. The third-order valence-corrected chi connectivity index (χ3v) is 4.15. The van der Waals surface area contributed by atoms with Gasteiger partial charge in [-0.1, -0.05) is 6.92 Å². The van der Waals surface area contributed by atoms with E-state index in [9.17, 15) is 4.79 Å². The molecule has 2 aliphatic rings. The Kier molecular flexibility index (Phi) is 4.62. The molecule has 0 aliphatic carbocycles. The third-order valence-electron chi connectivity index (χ3n) is 4.15. The monoisotopic (exact) mass is 254 g/mol. The molecule has 1 atom stereocenters. The molecule has 1 unspecified atom stereocenters. The summed E-state index contributed by atoms with van der Waals surface area (Å²) in [5.41, 5.74) is -0.556. The smallest absolute Gasteiger partial charge is 0.254 e. The number of piperidine rings is 1. The molecule has 1 N–H and O–H groups in total. The highest BCUT2D eigenvalue weighted by atomic mass is 16.5. The van der Waals surface area contributed by atoms with Crippen molar-refractivity contribution in [3.8, 4) is 0 Å². The molecule has 2 fully saturated rings. The summed E-state index contributed by atoms with van der Waals surface area (Å²) >= 11 is 0. The van der Waals surface area contributed by atoms with Crippen LogP contribution < -0.4 is 5.32 Å². The molecule has 0 radical (unpaired) electrons. The minimum atomic E-state index is -0.556. The molecule has 0 saturated carbocycles. The van der Waals surface area contributed by atoms with Crippen molar-refractivity contribution in [2.75, 3.05) is 26.2 Å². The Balaban J connectivity index is 2.05. The van der Waals surface area contributed by atoms with E-state index in [2.05, 4.69) is 17.1 Å². The zero-order chi connectivity index (χ0) is 13.0. The SMILES string of the molecule is CCCN(C(=O)C1(C)CCCO1)C1CCNCC1. The molecule has 104 valence electrons. The molecule has 0 aromatic rings. The summed E-state index contributed by atoms with van der Waals surface area (Å²) in [6, 6.07) is 0.403. The van der Waals surface area contributed by atoms with Crippen LogP contribution in [0.2, 0.25) is 0 Å². The van der Waals surface area contributed by atoms with Crippen molar-refractivity contribution in [3.63, 3.8) is 0 Å². The first kappa shape index (κ1) is 13.8. The van der Waals surface area contributed by atoms with Gasteiger partial charge in [-0.15, -0.1) is 0 Å². The van der Waals surface area contributed by atoms with E-state index in [4.69, 9.17) is 4.74 Å². The Morgan fingerprint density at radius 2 is 2.17 bits per heavy atom. The standard InChI is InChI=1S/C14H26N2O2/c1-3-10-16(12-5-8-15-9-6-12)13(17)14(2)7-4-11-18-14/h12,15H,3-11H2,1-2H3. The molecular weight excluding hydrogens is 228 g/mol. The van der Waals surface area contributed by atoms with Crippen LogP contribution >= 0.6 is 0 Å². The van der Waals surface area contributed by atoms with Gasteiger partial charge in [0.05, 0.1) is 0 Å². The topological polar surface area (TPSA) is 41.6 Å². The minimum Gasteiger partial charge on any atom is -0.365 e. The van der Waals surface area contributed by atoms with Crippen molar-refractivity contribution >= 4 is 5.91 Å². The molecular formula is C14H26N2O2. The van der Waals surface area contributed by atoms with Gasteiger partial charge in [0.2, 0.25) is 0 Å². The van der Waals surface area contributed by atoms with Gasteiger partial charge >= 0.3 is 0 Å². The highest BCUT2D eigenvalue weighted by Gasteiger charge is 2.42. The Morgan fingerprint density at radius 1 is 1.44 bits per heavy atom. The molecule has 2 saturated heterocycles. The number of hydrogen-bond acceptors (Lipinski definition) is 3. The molecule has 0 bridgehead atoms. The van der Waals surface area contributed by atoms with Crippen molar-refractivity contribution < 1.29 is 9.53 Å². The Morgan fingerprint density at radius 3 is 2.72 bits per heavy atom. The molecule has 1 amide bonds. The van der Waals surface area contributed by atoms with E-state index in [0.29, 0.717) is 6.04 Å². The van der Waals surface area contributed by atoms with Gasteiger partial charge in [0.1, 0.15) is 5.60 Å². The summed E-state index contributed by atoms with van der Waals surface area (Å²) in [7, 11) is 0. The minimum absolute atomic E-state index is 0.216. The number of hydrogen-bond donors (Lipinski definition) is 1. The van der Waals surface area contributed by atoms with E-state index in [1.165, 1.54) is 0 Å². The molecule has 18 heavy (non-hydrogen) atoms. The predicted molar refractivity (Wildman–Crippen MR) is 71.5 cm³/mol. The van der Waals surface area contributed by atoms with Gasteiger partial charge in [-0.05, 0) is 52.1 Å². The maximum atomic E-state index is 12.7. The first-order valence-corrected chi connectivity index (χ1v) is 7.33. The van der Waals surface area contributed by atoms with Crippen molar-refractivity contribution in [3.05, 3.63) is 0 Å². The van der Waals surface area contributed by atoms with Gasteiger partial charge in [-0.3, -0.25) is 4.79 Å². The second-order valence-corrected chi connectivity index (χ2v) is 5.66. The van der Waals surface area contributed by atoms with Gasteiger partial charge in [-0.25, -0.2) is 0 Å². The van der Waals surface area contributed by atoms with Gasteiger partial charge in [0.15, 0.2) is 0 Å². The van der Waals surface area contributed by atoms with E-state index in [0.717, 1.165) is 58.3 Å². The van der Waals surface area contributed by atoms with Crippen molar-refractivity contribution in [2.24, 2.45) is 0 Å².